The van der Waals surface area contributed by atoms with Crippen LogP contribution >= 0.6 is 0 Å². The number of hydrogen-bond donors (Lipinski definition) is 0. The minimum Gasteiger partial charge on any atom is -0.0846 e. The van der Waals surface area contributed by atoms with Crippen molar-refractivity contribution in [2.75, 3.05) is 0 Å². The molecule has 14 heavy (non-hydrogen) atoms. The Morgan fingerprint density at radius 3 is 1.86 bits per heavy atom. The molecular formula is C4H10B10. The SMILES string of the molecule is [B][B][B][B][B][B][B][B][B]B(CC)CC. The molecule has 0 aromatic heterocycles. The summed E-state index contributed by atoms with van der Waals surface area (Å²) in [6.07, 6.45) is 2.43. The molecule has 0 bridgehead atoms. The van der Waals surface area contributed by atoms with Gasteiger partial charge in [0.2, 0.25) is 0 Å². The molecule has 0 spiro atoms. The van der Waals surface area contributed by atoms with E-state index in [-0.39, 0.29) is 0 Å². The molecule has 0 aromatic carbocycles. The fourth-order valence-electron chi connectivity index (χ4n) is 1.10. The van der Waals surface area contributed by atoms with Gasteiger partial charge in [0.05, 0.1) is 6.60 Å². The van der Waals surface area contributed by atoms with Crippen molar-refractivity contribution in [3.05, 3.63) is 0 Å². The van der Waals surface area contributed by atoms with E-state index in [9.17, 15) is 0 Å². The van der Waals surface area contributed by atoms with E-state index in [1.54, 1.807) is 7.06 Å². The molecule has 0 fully saturated rings. The van der Waals surface area contributed by atoms with Gasteiger partial charge < -0.3 is 0 Å². The first kappa shape index (κ1) is 14.6. The molecule has 0 saturated carbocycles. The van der Waals surface area contributed by atoms with Crippen LogP contribution in [0.4, 0.5) is 0 Å². The Labute approximate surface area is 97.6 Å². The molecule has 10 heteroatoms. The monoisotopic (exact) mass is 168 g/mol. The van der Waals surface area contributed by atoms with Gasteiger partial charge in [0.25, 0.3) is 0 Å². The molecule has 0 atom stereocenters. The maximum Gasteiger partial charge on any atom is 0.0897 e. The summed E-state index contributed by atoms with van der Waals surface area (Å²) in [5, 5.41) is 0. The molecule has 0 aromatic rings. The zero-order chi connectivity index (χ0) is 10.6. The van der Waals surface area contributed by atoms with E-state index < -0.39 is 0 Å². The lowest BCUT2D eigenvalue weighted by molar-refractivity contribution is 1.35. The molecule has 0 aliphatic heterocycles. The summed E-state index contributed by atoms with van der Waals surface area (Å²) in [7, 11) is 20.8. The predicted octanol–water partition coefficient (Wildman–Crippen LogP) is -1.86. The Balaban J connectivity index is 3.04. The van der Waals surface area contributed by atoms with Gasteiger partial charge in [-0.2, -0.15) is 0 Å². The molecular weight excluding hydrogens is 156 g/mol. The summed E-state index contributed by atoms with van der Waals surface area (Å²) >= 11 is 0. The van der Waals surface area contributed by atoms with E-state index in [0.717, 1.165) is 0 Å². The van der Waals surface area contributed by atoms with E-state index in [2.05, 4.69) is 28.0 Å². The summed E-state index contributed by atoms with van der Waals surface area (Å²) in [6, 6.07) is 0. The van der Waals surface area contributed by atoms with Crippen LogP contribution < -0.4 is 0 Å². The fraction of sp³-hybridized carbons (Fsp3) is 1.00. The minimum atomic E-state index is 0.715. The van der Waals surface area contributed by atoms with E-state index in [0.29, 0.717) is 6.60 Å². The van der Waals surface area contributed by atoms with E-state index in [1.165, 1.54) is 19.7 Å². The quantitative estimate of drug-likeness (QED) is 0.264. The maximum absolute atomic E-state index is 5.18. The first-order valence-electron chi connectivity index (χ1n) is 5.23. The molecule has 0 saturated heterocycles. The highest BCUT2D eigenvalue weighted by molar-refractivity contribution is 7.69. The minimum absolute atomic E-state index is 0.715. The zero-order valence-electron chi connectivity index (χ0n) is 9.19. The van der Waals surface area contributed by atoms with E-state index in [4.69, 9.17) is 7.74 Å². The third-order valence-electron chi connectivity index (χ3n) is 2.10. The molecule has 0 unspecified atom stereocenters. The average Bonchev–Trinajstić information content (AvgIpc) is 2.22. The van der Waals surface area contributed by atoms with Gasteiger partial charge >= 0.3 is 0 Å². The van der Waals surface area contributed by atoms with E-state index in [1.807, 2.05) is 28.2 Å². The summed E-state index contributed by atoms with van der Waals surface area (Å²) in [4.78, 5) is 0. The van der Waals surface area contributed by atoms with Gasteiger partial charge in [-0.05, 0) is 0 Å². The van der Waals surface area contributed by atoms with Crippen molar-refractivity contribution in [3.63, 3.8) is 0 Å². The van der Waals surface area contributed by atoms with E-state index >= 15 is 0 Å². The van der Waals surface area contributed by atoms with Crippen molar-refractivity contribution in [2.45, 2.75) is 26.5 Å². The van der Waals surface area contributed by atoms with Gasteiger partial charge in [0, 0.05) is 64.2 Å². The molecule has 0 N–H and O–H groups in total. The third-order valence-corrected chi connectivity index (χ3v) is 2.10. The fourth-order valence-corrected chi connectivity index (χ4v) is 1.10. The summed E-state index contributed by atoms with van der Waals surface area (Å²) in [5.74, 6) is 0. The first-order valence-corrected chi connectivity index (χ1v) is 5.23. The van der Waals surface area contributed by atoms with Gasteiger partial charge in [-0.25, -0.2) is 0 Å². The van der Waals surface area contributed by atoms with Crippen LogP contribution in [0.3, 0.4) is 0 Å². The molecule has 0 nitrogen and oxygen atoms in total. The van der Waals surface area contributed by atoms with Crippen LogP contribution in [0.2, 0.25) is 12.6 Å². The molecule has 0 rings (SSSR count). The molecule has 0 aliphatic rings. The van der Waals surface area contributed by atoms with Crippen LogP contribution in [0.15, 0.2) is 0 Å². The lowest BCUT2D eigenvalue weighted by Gasteiger charge is -2.05. The average molecular weight is 166 g/mol. The molecule has 10 radical (unpaired) electrons. The maximum atomic E-state index is 5.18. The second kappa shape index (κ2) is 11.7. The Kier molecular flexibility index (Phi) is 12.3. The van der Waals surface area contributed by atoms with Crippen molar-refractivity contribution >= 4 is 70.8 Å². The normalized spacial score (nSPS) is 8.14. The Hall–Kier alpha value is 0.649. The van der Waals surface area contributed by atoms with Crippen molar-refractivity contribution < 1.29 is 0 Å². The largest absolute Gasteiger partial charge is 0.0897 e. The Bertz CT molecular complexity index is 104. The van der Waals surface area contributed by atoms with Crippen molar-refractivity contribution in [3.8, 4) is 0 Å². The van der Waals surface area contributed by atoms with Gasteiger partial charge in [-0.1, -0.05) is 26.5 Å². The molecule has 0 heterocycles. The van der Waals surface area contributed by atoms with Crippen LogP contribution in [0, 0.1) is 0 Å². The zero-order valence-corrected chi connectivity index (χ0v) is 9.19. The predicted molar refractivity (Wildman–Crippen MR) is 78.5 cm³/mol. The third kappa shape index (κ3) is 9.21. The van der Waals surface area contributed by atoms with Crippen LogP contribution in [-0.2, 0) is 0 Å². The highest BCUT2D eigenvalue weighted by Crippen LogP contribution is 1.93. The van der Waals surface area contributed by atoms with Crippen molar-refractivity contribution in [1.82, 2.24) is 0 Å². The van der Waals surface area contributed by atoms with Gasteiger partial charge in [-0.15, -0.1) is 0 Å². The number of hydrogen-bond acceptors (Lipinski definition) is 0. The van der Waals surface area contributed by atoms with Gasteiger partial charge in [0.1, 0.15) is 0 Å². The van der Waals surface area contributed by atoms with Crippen molar-refractivity contribution in [1.29, 1.82) is 0 Å². The number of rotatable bonds is 10. The van der Waals surface area contributed by atoms with Crippen LogP contribution in [-0.4, -0.2) is 70.8 Å². The van der Waals surface area contributed by atoms with Crippen LogP contribution in [0.1, 0.15) is 13.8 Å². The highest BCUT2D eigenvalue weighted by Gasteiger charge is 2.07. The summed E-state index contributed by atoms with van der Waals surface area (Å²) in [6.45, 7) is 5.15. The Morgan fingerprint density at radius 2 is 1.36 bits per heavy atom. The summed E-state index contributed by atoms with van der Waals surface area (Å²) < 4.78 is 0. The topological polar surface area (TPSA) is 0 Å². The smallest absolute Gasteiger partial charge is 0.0846 e. The van der Waals surface area contributed by atoms with Gasteiger partial charge in [-0.3, -0.25) is 0 Å². The van der Waals surface area contributed by atoms with Gasteiger partial charge in [0.15, 0.2) is 0 Å². The van der Waals surface area contributed by atoms with Crippen LogP contribution in [0.5, 0.6) is 0 Å². The highest BCUT2D eigenvalue weighted by atomic mass is 13.5. The van der Waals surface area contributed by atoms with Crippen LogP contribution in [0.25, 0.3) is 0 Å². The molecule has 56 valence electrons. The van der Waals surface area contributed by atoms with Crippen molar-refractivity contribution in [2.24, 2.45) is 0 Å². The first-order chi connectivity index (χ1) is 6.85. The second-order valence-electron chi connectivity index (χ2n) is 3.12. The molecule has 0 aliphatic carbocycles. The second-order valence-corrected chi connectivity index (χ2v) is 3.12. The lowest BCUT2D eigenvalue weighted by Crippen LogP contribution is -2.35. The Morgan fingerprint density at radius 1 is 0.857 bits per heavy atom. The standard InChI is InChI=1S/C4H10B10/c1-3-14(4-2)13-12-11-10-9-8-7-6-5/h3-4H2,1-2H3. The molecule has 0 amide bonds. The summed E-state index contributed by atoms with van der Waals surface area (Å²) in [5.41, 5.74) is 0. The lowest BCUT2D eigenvalue weighted by atomic mass is 8.87.